The molecular formula is C19H23N3O4. The SMILES string of the molecule is Cc1ccc(COC(=O)N2CCC(CNC(=O)c3cnco3)CC2)cc1. The second-order valence-corrected chi connectivity index (χ2v) is 6.55. The number of carbonyl (C=O) groups is 2. The van der Waals surface area contributed by atoms with E-state index in [-0.39, 0.29) is 24.4 Å². The zero-order chi connectivity index (χ0) is 18.4. The minimum absolute atomic E-state index is 0.210. The highest BCUT2D eigenvalue weighted by Gasteiger charge is 2.24. The predicted octanol–water partition coefficient (Wildman–Crippen LogP) is 2.76. The molecule has 0 radical (unpaired) electrons. The molecule has 1 saturated heterocycles. The summed E-state index contributed by atoms with van der Waals surface area (Å²) in [5, 5.41) is 2.84. The van der Waals surface area contributed by atoms with E-state index in [1.807, 2.05) is 31.2 Å². The van der Waals surface area contributed by atoms with Crippen LogP contribution in [0.5, 0.6) is 0 Å². The summed E-state index contributed by atoms with van der Waals surface area (Å²) in [6, 6.07) is 7.93. The van der Waals surface area contributed by atoms with Crippen molar-refractivity contribution >= 4 is 12.0 Å². The molecule has 2 aromatic rings. The van der Waals surface area contributed by atoms with Gasteiger partial charge in [0.05, 0.1) is 6.20 Å². The molecule has 138 valence electrons. The third-order valence-electron chi connectivity index (χ3n) is 4.56. The Labute approximate surface area is 152 Å². The Hall–Kier alpha value is -2.83. The van der Waals surface area contributed by atoms with Gasteiger partial charge < -0.3 is 19.4 Å². The number of benzene rings is 1. The molecule has 0 aliphatic carbocycles. The molecule has 26 heavy (non-hydrogen) atoms. The van der Waals surface area contributed by atoms with E-state index in [0.29, 0.717) is 25.6 Å². The molecule has 2 amide bonds. The number of hydrogen-bond acceptors (Lipinski definition) is 5. The number of ether oxygens (including phenoxy) is 1. The Morgan fingerprint density at radius 3 is 2.65 bits per heavy atom. The van der Waals surface area contributed by atoms with Crippen molar-refractivity contribution in [3.63, 3.8) is 0 Å². The van der Waals surface area contributed by atoms with Crippen LogP contribution in [0.3, 0.4) is 0 Å². The lowest BCUT2D eigenvalue weighted by molar-refractivity contribution is 0.0795. The lowest BCUT2D eigenvalue weighted by Gasteiger charge is -2.31. The Balaban J connectivity index is 1.37. The summed E-state index contributed by atoms with van der Waals surface area (Å²) in [5.74, 6) is 0.285. The smallest absolute Gasteiger partial charge is 0.410 e. The number of amides is 2. The molecule has 1 aliphatic heterocycles. The van der Waals surface area contributed by atoms with Gasteiger partial charge in [-0.1, -0.05) is 29.8 Å². The first kappa shape index (κ1) is 18.0. The van der Waals surface area contributed by atoms with Crippen LogP contribution in [0.2, 0.25) is 0 Å². The quantitative estimate of drug-likeness (QED) is 0.889. The minimum atomic E-state index is -0.283. The molecule has 0 bridgehead atoms. The Kier molecular flexibility index (Phi) is 5.88. The van der Waals surface area contributed by atoms with Gasteiger partial charge in [0.15, 0.2) is 6.39 Å². The fraction of sp³-hybridized carbons (Fsp3) is 0.421. The molecule has 0 spiro atoms. The van der Waals surface area contributed by atoms with Crippen molar-refractivity contribution in [2.45, 2.75) is 26.4 Å². The van der Waals surface area contributed by atoms with Crippen molar-refractivity contribution in [2.75, 3.05) is 19.6 Å². The third-order valence-corrected chi connectivity index (χ3v) is 4.56. The van der Waals surface area contributed by atoms with E-state index in [9.17, 15) is 9.59 Å². The predicted molar refractivity (Wildman–Crippen MR) is 94.5 cm³/mol. The van der Waals surface area contributed by atoms with Crippen LogP contribution < -0.4 is 5.32 Å². The van der Waals surface area contributed by atoms with E-state index in [2.05, 4.69) is 10.3 Å². The number of rotatable bonds is 5. The Morgan fingerprint density at radius 2 is 2.00 bits per heavy atom. The van der Waals surface area contributed by atoms with Crippen LogP contribution in [-0.2, 0) is 11.3 Å². The molecule has 0 atom stereocenters. The largest absolute Gasteiger partial charge is 0.445 e. The first-order chi connectivity index (χ1) is 12.6. The number of carbonyl (C=O) groups excluding carboxylic acids is 2. The van der Waals surface area contributed by atoms with Crippen LogP contribution >= 0.6 is 0 Å². The zero-order valence-corrected chi connectivity index (χ0v) is 14.8. The second-order valence-electron chi connectivity index (χ2n) is 6.55. The number of nitrogens with zero attached hydrogens (tertiary/aromatic N) is 2. The van der Waals surface area contributed by atoms with Crippen molar-refractivity contribution in [3.8, 4) is 0 Å². The average molecular weight is 357 g/mol. The molecule has 2 heterocycles. The third kappa shape index (κ3) is 4.84. The maximum atomic E-state index is 12.2. The highest BCUT2D eigenvalue weighted by Crippen LogP contribution is 2.18. The van der Waals surface area contributed by atoms with Crippen molar-refractivity contribution in [1.29, 1.82) is 0 Å². The summed E-state index contributed by atoms with van der Waals surface area (Å²) in [4.78, 5) is 29.5. The van der Waals surface area contributed by atoms with Gasteiger partial charge in [0.2, 0.25) is 5.76 Å². The first-order valence-electron chi connectivity index (χ1n) is 8.76. The summed E-state index contributed by atoms with van der Waals surface area (Å²) in [7, 11) is 0. The van der Waals surface area contributed by atoms with Crippen molar-refractivity contribution in [2.24, 2.45) is 5.92 Å². The molecular weight excluding hydrogens is 334 g/mol. The molecule has 1 aromatic heterocycles. The summed E-state index contributed by atoms with van der Waals surface area (Å²) in [6.07, 6.45) is 4.00. The number of piperidine rings is 1. The minimum Gasteiger partial charge on any atom is -0.445 e. The molecule has 1 fully saturated rings. The molecule has 1 N–H and O–H groups in total. The van der Waals surface area contributed by atoms with Gasteiger partial charge in [-0.3, -0.25) is 4.79 Å². The van der Waals surface area contributed by atoms with Gasteiger partial charge in [0.25, 0.3) is 5.91 Å². The standard InChI is InChI=1S/C19H23N3O4/c1-14-2-4-16(5-3-14)12-25-19(24)22-8-6-15(7-9-22)10-21-18(23)17-11-20-13-26-17/h2-5,11,13,15H,6-10,12H2,1H3,(H,21,23). The van der Waals surface area contributed by atoms with Gasteiger partial charge >= 0.3 is 6.09 Å². The lowest BCUT2D eigenvalue weighted by Crippen LogP contribution is -2.41. The molecule has 7 heteroatoms. The van der Waals surface area contributed by atoms with E-state index in [1.165, 1.54) is 18.2 Å². The van der Waals surface area contributed by atoms with Crippen LogP contribution in [0.4, 0.5) is 4.79 Å². The Bertz CT molecular complexity index is 720. The summed E-state index contributed by atoms with van der Waals surface area (Å²) >= 11 is 0. The van der Waals surface area contributed by atoms with Crippen LogP contribution in [0.25, 0.3) is 0 Å². The summed E-state index contributed by atoms with van der Waals surface area (Å²) in [5.41, 5.74) is 2.16. The molecule has 1 aromatic carbocycles. The second kappa shape index (κ2) is 8.51. The van der Waals surface area contributed by atoms with Crippen molar-refractivity contribution in [3.05, 3.63) is 53.7 Å². The number of hydrogen-bond donors (Lipinski definition) is 1. The van der Waals surface area contributed by atoms with Crippen LogP contribution in [0, 0.1) is 12.8 Å². The highest BCUT2D eigenvalue weighted by atomic mass is 16.6. The van der Waals surface area contributed by atoms with Crippen molar-refractivity contribution in [1.82, 2.24) is 15.2 Å². The van der Waals surface area contributed by atoms with Crippen LogP contribution in [-0.4, -0.2) is 41.5 Å². The number of aromatic nitrogens is 1. The highest BCUT2D eigenvalue weighted by molar-refractivity contribution is 5.90. The van der Waals surface area contributed by atoms with E-state index < -0.39 is 0 Å². The van der Waals surface area contributed by atoms with Gasteiger partial charge in [0.1, 0.15) is 6.61 Å². The molecule has 1 aliphatic rings. The van der Waals surface area contributed by atoms with Crippen LogP contribution in [0.15, 0.2) is 41.3 Å². The zero-order valence-electron chi connectivity index (χ0n) is 14.8. The van der Waals surface area contributed by atoms with Crippen molar-refractivity contribution < 1.29 is 18.7 Å². The van der Waals surface area contributed by atoms with Gasteiger partial charge in [-0.05, 0) is 31.2 Å². The molecule has 3 rings (SSSR count). The normalized spacial score (nSPS) is 14.9. The van der Waals surface area contributed by atoms with E-state index >= 15 is 0 Å². The average Bonchev–Trinajstić information content (AvgIpc) is 3.21. The van der Waals surface area contributed by atoms with E-state index in [0.717, 1.165) is 18.4 Å². The maximum Gasteiger partial charge on any atom is 0.410 e. The van der Waals surface area contributed by atoms with E-state index in [1.54, 1.807) is 4.90 Å². The lowest BCUT2D eigenvalue weighted by atomic mass is 9.97. The van der Waals surface area contributed by atoms with Gasteiger partial charge in [-0.15, -0.1) is 0 Å². The fourth-order valence-electron chi connectivity index (χ4n) is 2.89. The van der Waals surface area contributed by atoms with Gasteiger partial charge in [0, 0.05) is 19.6 Å². The number of likely N-dealkylation sites (tertiary alicyclic amines) is 1. The monoisotopic (exact) mass is 357 g/mol. The number of oxazole rings is 1. The van der Waals surface area contributed by atoms with Crippen LogP contribution in [0.1, 0.15) is 34.5 Å². The molecule has 7 nitrogen and oxygen atoms in total. The van der Waals surface area contributed by atoms with Gasteiger partial charge in [-0.2, -0.15) is 0 Å². The fourth-order valence-corrected chi connectivity index (χ4v) is 2.89. The number of aryl methyl sites for hydroxylation is 1. The maximum absolute atomic E-state index is 12.2. The van der Waals surface area contributed by atoms with E-state index in [4.69, 9.17) is 9.15 Å². The molecule has 0 unspecified atom stereocenters. The summed E-state index contributed by atoms with van der Waals surface area (Å²) in [6.45, 7) is 4.14. The topological polar surface area (TPSA) is 84.7 Å². The Morgan fingerprint density at radius 1 is 1.27 bits per heavy atom. The van der Waals surface area contributed by atoms with Gasteiger partial charge in [-0.25, -0.2) is 9.78 Å². The summed E-state index contributed by atoms with van der Waals surface area (Å²) < 4.78 is 10.3. The number of nitrogens with one attached hydrogen (secondary N) is 1. The molecule has 0 saturated carbocycles. The first-order valence-corrected chi connectivity index (χ1v) is 8.76.